The maximum atomic E-state index is 3.96. The van der Waals surface area contributed by atoms with Crippen molar-refractivity contribution in [2.45, 2.75) is 19.8 Å². The van der Waals surface area contributed by atoms with E-state index < -0.39 is 0 Å². The third-order valence-corrected chi connectivity index (χ3v) is 1.63. The van der Waals surface area contributed by atoms with Gasteiger partial charge in [0.15, 0.2) is 0 Å². The van der Waals surface area contributed by atoms with Crippen molar-refractivity contribution in [3.8, 4) is 0 Å². The minimum Gasteiger partial charge on any atom is -0.269 e. The maximum absolute atomic E-state index is 3.96. The fourth-order valence-corrected chi connectivity index (χ4v) is 0.815. The van der Waals surface area contributed by atoms with Crippen molar-refractivity contribution in [2.75, 3.05) is 0 Å². The monoisotopic (exact) mass is 135 g/mol. The molecule has 1 saturated carbocycles. The van der Waals surface area contributed by atoms with Crippen LogP contribution in [0.5, 0.6) is 0 Å². The predicted molar refractivity (Wildman–Crippen MR) is 45.2 cm³/mol. The molecule has 10 heavy (non-hydrogen) atoms. The third kappa shape index (κ3) is 2.18. The molecule has 0 saturated heterocycles. The Morgan fingerprint density at radius 3 is 2.80 bits per heavy atom. The van der Waals surface area contributed by atoms with Crippen LogP contribution < -0.4 is 0 Å². The summed E-state index contributed by atoms with van der Waals surface area (Å²) < 4.78 is 0. The molecule has 0 aromatic heterocycles. The number of rotatable bonds is 3. The molecule has 1 aliphatic carbocycles. The van der Waals surface area contributed by atoms with Gasteiger partial charge in [-0.2, -0.15) is 0 Å². The molecule has 0 N–H and O–H groups in total. The first-order chi connectivity index (χ1) is 4.84. The number of nitrogens with zero attached hydrogens (tertiary/aromatic N) is 1. The van der Waals surface area contributed by atoms with Crippen LogP contribution in [-0.2, 0) is 0 Å². The molecule has 54 valence electrons. The first-order valence-corrected chi connectivity index (χ1v) is 3.67. The smallest absolute Gasteiger partial charge is 0.0266 e. The lowest BCUT2D eigenvalue weighted by Crippen LogP contribution is -1.74. The minimum atomic E-state index is 0.767. The lowest BCUT2D eigenvalue weighted by Gasteiger charge is -1.89. The molecule has 1 fully saturated rings. The van der Waals surface area contributed by atoms with Crippen LogP contribution >= 0.6 is 0 Å². The van der Waals surface area contributed by atoms with E-state index in [0.717, 1.165) is 5.92 Å². The molecule has 0 aromatic carbocycles. The van der Waals surface area contributed by atoms with Crippen molar-refractivity contribution in [3.63, 3.8) is 0 Å². The molecule has 0 heterocycles. The van der Waals surface area contributed by atoms with Crippen LogP contribution in [0.1, 0.15) is 19.8 Å². The topological polar surface area (TPSA) is 12.4 Å². The lowest BCUT2D eigenvalue weighted by molar-refractivity contribution is 1.06. The van der Waals surface area contributed by atoms with Gasteiger partial charge in [0.05, 0.1) is 0 Å². The SMILES string of the molecule is C=C(/C=C\N=C/C)C1CC1. The van der Waals surface area contributed by atoms with Gasteiger partial charge >= 0.3 is 0 Å². The number of hydrogen-bond donors (Lipinski definition) is 0. The molecular weight excluding hydrogens is 122 g/mol. The van der Waals surface area contributed by atoms with E-state index in [1.54, 1.807) is 12.4 Å². The highest BCUT2D eigenvalue weighted by Crippen LogP contribution is 2.35. The number of aliphatic imine (C=N–C) groups is 1. The Hall–Kier alpha value is -0.850. The van der Waals surface area contributed by atoms with Crippen molar-refractivity contribution in [1.29, 1.82) is 0 Å². The molecule has 0 atom stereocenters. The molecule has 0 aromatic rings. The standard InChI is InChI=1S/C9H13N/c1-3-10-7-6-8(2)9-4-5-9/h3,6-7,9H,2,4-5H2,1H3/b7-6-,10-3-. The summed E-state index contributed by atoms with van der Waals surface area (Å²) in [5.41, 5.74) is 1.23. The molecule has 1 nitrogen and oxygen atoms in total. The van der Waals surface area contributed by atoms with Crippen LogP contribution in [0.2, 0.25) is 0 Å². The van der Waals surface area contributed by atoms with Gasteiger partial charge in [0.2, 0.25) is 0 Å². The van der Waals surface area contributed by atoms with E-state index in [1.807, 2.05) is 13.0 Å². The summed E-state index contributed by atoms with van der Waals surface area (Å²) in [6.07, 6.45) is 8.22. The van der Waals surface area contributed by atoms with Gasteiger partial charge in [-0.1, -0.05) is 12.2 Å². The molecule has 0 bridgehead atoms. The van der Waals surface area contributed by atoms with Gasteiger partial charge < -0.3 is 0 Å². The summed E-state index contributed by atoms with van der Waals surface area (Å²) in [7, 11) is 0. The van der Waals surface area contributed by atoms with Crippen molar-refractivity contribution >= 4 is 6.21 Å². The Kier molecular flexibility index (Phi) is 2.43. The van der Waals surface area contributed by atoms with Crippen LogP contribution in [0.15, 0.2) is 29.4 Å². The average molecular weight is 135 g/mol. The van der Waals surface area contributed by atoms with E-state index in [-0.39, 0.29) is 0 Å². The van der Waals surface area contributed by atoms with Gasteiger partial charge in [0, 0.05) is 12.4 Å². The minimum absolute atomic E-state index is 0.767. The first-order valence-electron chi connectivity index (χ1n) is 3.67. The molecule has 1 aliphatic rings. The van der Waals surface area contributed by atoms with Gasteiger partial charge in [0.1, 0.15) is 0 Å². The Morgan fingerprint density at radius 1 is 1.60 bits per heavy atom. The van der Waals surface area contributed by atoms with Crippen LogP contribution in [0.3, 0.4) is 0 Å². The highest BCUT2D eigenvalue weighted by molar-refractivity contribution is 5.54. The van der Waals surface area contributed by atoms with Gasteiger partial charge in [0.25, 0.3) is 0 Å². The Bertz CT molecular complexity index is 173. The normalized spacial score (nSPS) is 18.9. The third-order valence-electron chi connectivity index (χ3n) is 1.63. The second kappa shape index (κ2) is 3.35. The predicted octanol–water partition coefficient (Wildman–Crippen LogP) is 2.56. The zero-order valence-electron chi connectivity index (χ0n) is 6.38. The van der Waals surface area contributed by atoms with E-state index >= 15 is 0 Å². The van der Waals surface area contributed by atoms with Gasteiger partial charge in [-0.15, -0.1) is 0 Å². The largest absolute Gasteiger partial charge is 0.269 e. The molecule has 0 amide bonds. The fourth-order valence-electron chi connectivity index (χ4n) is 0.815. The maximum Gasteiger partial charge on any atom is 0.0266 e. The molecule has 0 spiro atoms. The number of allylic oxidation sites excluding steroid dienone is 2. The van der Waals surface area contributed by atoms with Gasteiger partial charge in [-0.05, 0) is 31.8 Å². The summed E-state index contributed by atoms with van der Waals surface area (Å²) in [6, 6.07) is 0. The average Bonchev–Trinajstić information content (AvgIpc) is 2.69. The Morgan fingerprint density at radius 2 is 2.30 bits per heavy atom. The quantitative estimate of drug-likeness (QED) is 0.416. The highest BCUT2D eigenvalue weighted by Gasteiger charge is 2.22. The fraction of sp³-hybridized carbons (Fsp3) is 0.444. The summed E-state index contributed by atoms with van der Waals surface area (Å²) in [5.74, 6) is 0.767. The molecule has 0 radical (unpaired) electrons. The van der Waals surface area contributed by atoms with Crippen molar-refractivity contribution in [1.82, 2.24) is 0 Å². The molecule has 0 unspecified atom stereocenters. The zero-order chi connectivity index (χ0) is 7.40. The summed E-state index contributed by atoms with van der Waals surface area (Å²) in [5, 5.41) is 0. The van der Waals surface area contributed by atoms with Gasteiger partial charge in [-0.25, -0.2) is 0 Å². The molecule has 0 aliphatic heterocycles. The molecular formula is C9H13N. The van der Waals surface area contributed by atoms with Crippen LogP contribution in [0, 0.1) is 5.92 Å². The molecule has 1 rings (SSSR count). The summed E-state index contributed by atoms with van der Waals surface area (Å²) in [6.45, 7) is 5.83. The van der Waals surface area contributed by atoms with E-state index in [1.165, 1.54) is 18.4 Å². The summed E-state index contributed by atoms with van der Waals surface area (Å²) >= 11 is 0. The first kappa shape index (κ1) is 7.26. The van der Waals surface area contributed by atoms with E-state index in [0.29, 0.717) is 0 Å². The molecule has 1 heteroatoms. The van der Waals surface area contributed by atoms with Crippen molar-refractivity contribution in [3.05, 3.63) is 24.4 Å². The van der Waals surface area contributed by atoms with Crippen molar-refractivity contribution < 1.29 is 0 Å². The van der Waals surface area contributed by atoms with Crippen LogP contribution in [0.25, 0.3) is 0 Å². The Labute approximate surface area is 62.2 Å². The van der Waals surface area contributed by atoms with E-state index in [9.17, 15) is 0 Å². The zero-order valence-corrected chi connectivity index (χ0v) is 6.38. The van der Waals surface area contributed by atoms with Crippen LogP contribution in [0.4, 0.5) is 0 Å². The lowest BCUT2D eigenvalue weighted by atomic mass is 10.2. The summed E-state index contributed by atoms with van der Waals surface area (Å²) in [4.78, 5) is 3.96. The number of hydrogen-bond acceptors (Lipinski definition) is 1. The van der Waals surface area contributed by atoms with Gasteiger partial charge in [-0.3, -0.25) is 4.99 Å². The van der Waals surface area contributed by atoms with Crippen LogP contribution in [-0.4, -0.2) is 6.21 Å². The van der Waals surface area contributed by atoms with E-state index in [4.69, 9.17) is 0 Å². The second-order valence-electron chi connectivity index (χ2n) is 2.57. The highest BCUT2D eigenvalue weighted by atomic mass is 14.6. The van der Waals surface area contributed by atoms with E-state index in [2.05, 4.69) is 11.6 Å². The Balaban J connectivity index is 2.28. The second-order valence-corrected chi connectivity index (χ2v) is 2.57. The van der Waals surface area contributed by atoms with Crippen molar-refractivity contribution in [2.24, 2.45) is 10.9 Å².